The lowest BCUT2D eigenvalue weighted by Gasteiger charge is -2.21. The molecule has 1 saturated carbocycles. The van der Waals surface area contributed by atoms with Gasteiger partial charge in [-0.1, -0.05) is 41.9 Å². The summed E-state index contributed by atoms with van der Waals surface area (Å²) in [5, 5.41) is 3.19. The van der Waals surface area contributed by atoms with Gasteiger partial charge < -0.3 is 5.32 Å². The number of rotatable bonds is 3. The Kier molecular flexibility index (Phi) is 7.46. The first-order valence-electron chi connectivity index (χ1n) is 9.38. The van der Waals surface area contributed by atoms with Crippen LogP contribution in [0.2, 0.25) is 0 Å². The number of nitrogens with zero attached hydrogens (tertiary/aromatic N) is 3. The van der Waals surface area contributed by atoms with Gasteiger partial charge in [0.2, 0.25) is 0 Å². The van der Waals surface area contributed by atoms with Gasteiger partial charge in [-0.2, -0.15) is 0 Å². The fraction of sp³-hybridized carbons (Fsp3) is 0.474. The number of carbonyl (C=O) groups is 1. The highest BCUT2D eigenvalue weighted by molar-refractivity contribution is 14.1. The molecule has 1 aliphatic rings. The smallest absolute Gasteiger partial charge is 0.270 e. The monoisotopic (exact) mass is 588 g/mol. The third-order valence-electron chi connectivity index (χ3n) is 4.96. The Morgan fingerprint density at radius 1 is 1.15 bits per heavy atom. The summed E-state index contributed by atoms with van der Waals surface area (Å²) in [6.45, 7) is 0. The molecule has 1 amide bonds. The second-order valence-corrected chi connectivity index (χ2v) is 11.1. The van der Waals surface area contributed by atoms with E-state index in [4.69, 9.17) is 0 Å². The molecular formula is C19H23BI2N4O. The van der Waals surface area contributed by atoms with Crippen molar-refractivity contribution in [1.82, 2.24) is 20.3 Å². The molecule has 1 aliphatic carbocycles. The molecule has 5 nitrogen and oxygen atoms in total. The summed E-state index contributed by atoms with van der Waals surface area (Å²) < 4.78 is 1.27. The maximum atomic E-state index is 12.6. The first-order valence-corrected chi connectivity index (χ1v) is 11.5. The van der Waals surface area contributed by atoms with Crippen LogP contribution in [0.4, 0.5) is 0 Å². The summed E-state index contributed by atoms with van der Waals surface area (Å²) in [6, 6.07) is 5.70. The van der Waals surface area contributed by atoms with Crippen LogP contribution in [-0.4, -0.2) is 38.1 Å². The highest BCUT2D eigenvalue weighted by Gasteiger charge is 2.23. The van der Waals surface area contributed by atoms with Crippen molar-refractivity contribution in [2.24, 2.45) is 0 Å². The average molecular weight is 588 g/mol. The van der Waals surface area contributed by atoms with Crippen molar-refractivity contribution in [3.63, 3.8) is 0 Å². The molecule has 27 heavy (non-hydrogen) atoms. The van der Waals surface area contributed by atoms with Gasteiger partial charge in [0.05, 0.1) is 0 Å². The molecule has 0 radical (unpaired) electrons. The molecule has 8 heteroatoms. The molecule has 1 fully saturated rings. The van der Waals surface area contributed by atoms with Crippen molar-refractivity contribution >= 4 is 58.9 Å². The Morgan fingerprint density at radius 2 is 1.93 bits per heavy atom. The van der Waals surface area contributed by atoms with Gasteiger partial charge in [0.25, 0.3) is 5.91 Å². The molecule has 142 valence electrons. The van der Waals surface area contributed by atoms with Crippen LogP contribution in [0.15, 0.2) is 30.6 Å². The molecule has 2 heterocycles. The van der Waals surface area contributed by atoms with E-state index in [-0.39, 0.29) is 11.9 Å². The van der Waals surface area contributed by atoms with Crippen LogP contribution in [0.25, 0.3) is 11.4 Å². The van der Waals surface area contributed by atoms with E-state index < -0.39 is 0 Å². The van der Waals surface area contributed by atoms with Crippen LogP contribution in [0.3, 0.4) is 0 Å². The molecule has 0 saturated heterocycles. The SMILES string of the molecule is BC1(I)CCCCC(NC(=O)c2ccc(-c3nccc(I)n3)cn2)CCC1. The zero-order chi connectivity index (χ0) is 19.3. The Balaban J connectivity index is 1.62. The number of hydrogen-bond acceptors (Lipinski definition) is 4. The predicted octanol–water partition coefficient (Wildman–Crippen LogP) is 3.75. The molecular weight excluding hydrogens is 565 g/mol. The second kappa shape index (κ2) is 9.62. The molecule has 2 aromatic heterocycles. The molecule has 0 spiro atoms. The van der Waals surface area contributed by atoms with Gasteiger partial charge in [-0.3, -0.25) is 9.78 Å². The zero-order valence-electron chi connectivity index (χ0n) is 15.4. The van der Waals surface area contributed by atoms with E-state index in [2.05, 4.69) is 73.3 Å². The topological polar surface area (TPSA) is 67.8 Å². The van der Waals surface area contributed by atoms with Crippen LogP contribution in [-0.2, 0) is 0 Å². The van der Waals surface area contributed by atoms with Crippen molar-refractivity contribution in [3.8, 4) is 11.4 Å². The van der Waals surface area contributed by atoms with E-state index in [1.54, 1.807) is 18.5 Å². The largest absolute Gasteiger partial charge is 0.348 e. The van der Waals surface area contributed by atoms with Crippen molar-refractivity contribution in [2.75, 3.05) is 0 Å². The van der Waals surface area contributed by atoms with E-state index in [9.17, 15) is 4.79 Å². The van der Waals surface area contributed by atoms with E-state index >= 15 is 0 Å². The normalized spacial score (nSPS) is 23.7. The molecule has 2 unspecified atom stereocenters. The quantitative estimate of drug-likeness (QED) is 0.257. The number of pyridine rings is 1. The third kappa shape index (κ3) is 6.37. The number of amides is 1. The summed E-state index contributed by atoms with van der Waals surface area (Å²) >= 11 is 4.75. The van der Waals surface area contributed by atoms with E-state index in [1.165, 1.54) is 25.7 Å². The molecule has 1 N–H and O–H groups in total. The molecule has 0 bridgehead atoms. The van der Waals surface area contributed by atoms with Crippen LogP contribution in [0, 0.1) is 3.70 Å². The summed E-state index contributed by atoms with van der Waals surface area (Å²) in [6.07, 6.45) is 11.5. The second-order valence-electron chi connectivity index (χ2n) is 7.36. The minimum absolute atomic E-state index is 0.0911. The van der Waals surface area contributed by atoms with Crippen molar-refractivity contribution in [3.05, 3.63) is 40.0 Å². The summed E-state index contributed by atoms with van der Waals surface area (Å²) in [7, 11) is 2.34. The Bertz CT molecular complexity index is 786. The highest BCUT2D eigenvalue weighted by atomic mass is 127. The average Bonchev–Trinajstić information content (AvgIpc) is 2.72. The first kappa shape index (κ1) is 20.9. The van der Waals surface area contributed by atoms with Gasteiger partial charge in [0.1, 0.15) is 17.2 Å². The molecule has 2 atom stereocenters. The lowest BCUT2D eigenvalue weighted by molar-refractivity contribution is 0.0927. The van der Waals surface area contributed by atoms with Gasteiger partial charge in [0.15, 0.2) is 5.82 Å². The van der Waals surface area contributed by atoms with Gasteiger partial charge in [-0.15, -0.1) is 0 Å². The molecule has 0 aliphatic heterocycles. The standard InChI is InChI=1S/C19H23BI2N4O/c20-19(22)9-2-1-4-14(5-3-10-19)25-18(27)15-7-6-13(12-24-15)17-23-11-8-16(21)26-17/h6-8,11-12,14H,1-5,9-10,20H2,(H,25,27). The van der Waals surface area contributed by atoms with Gasteiger partial charge in [-0.05, 0) is 69.8 Å². The number of carbonyl (C=O) groups excluding carboxylic acids is 1. The molecule has 0 aromatic carbocycles. The van der Waals surface area contributed by atoms with Crippen molar-refractivity contribution in [1.29, 1.82) is 0 Å². The molecule has 3 rings (SSSR count). The van der Waals surface area contributed by atoms with Gasteiger partial charge in [-0.25, -0.2) is 9.97 Å². The first-order chi connectivity index (χ1) is 12.9. The molecule has 2 aromatic rings. The Labute approximate surface area is 188 Å². The Hall–Kier alpha value is -0.775. The van der Waals surface area contributed by atoms with Crippen molar-refractivity contribution < 1.29 is 4.79 Å². The summed E-state index contributed by atoms with van der Waals surface area (Å²) in [5.74, 6) is 0.533. The predicted molar refractivity (Wildman–Crippen MR) is 127 cm³/mol. The minimum atomic E-state index is -0.0911. The van der Waals surface area contributed by atoms with Gasteiger partial charge >= 0.3 is 0 Å². The number of aromatic nitrogens is 3. The minimum Gasteiger partial charge on any atom is -0.348 e. The number of halogens is 2. The lowest BCUT2D eigenvalue weighted by atomic mass is 9.79. The van der Waals surface area contributed by atoms with E-state index in [0.717, 1.165) is 28.5 Å². The van der Waals surface area contributed by atoms with Crippen LogP contribution >= 0.6 is 45.2 Å². The van der Waals surface area contributed by atoms with Crippen LogP contribution in [0.5, 0.6) is 0 Å². The maximum absolute atomic E-state index is 12.6. The van der Waals surface area contributed by atoms with Crippen molar-refractivity contribution in [2.45, 2.75) is 54.3 Å². The van der Waals surface area contributed by atoms with E-state index in [1.807, 2.05) is 12.1 Å². The van der Waals surface area contributed by atoms with Gasteiger partial charge in [0, 0.05) is 24.0 Å². The zero-order valence-corrected chi connectivity index (χ0v) is 19.7. The summed E-state index contributed by atoms with van der Waals surface area (Å²) in [4.78, 5) is 25.6. The maximum Gasteiger partial charge on any atom is 0.270 e. The fourth-order valence-electron chi connectivity index (χ4n) is 3.41. The Morgan fingerprint density at radius 3 is 2.67 bits per heavy atom. The lowest BCUT2D eigenvalue weighted by Crippen LogP contribution is -2.35. The number of hydrogen-bond donors (Lipinski definition) is 1. The number of alkyl halides is 1. The number of nitrogens with one attached hydrogen (secondary N) is 1. The fourth-order valence-corrected chi connectivity index (χ4v) is 4.56. The van der Waals surface area contributed by atoms with Crippen LogP contribution in [0.1, 0.15) is 55.4 Å². The third-order valence-corrected chi connectivity index (χ3v) is 6.64. The highest BCUT2D eigenvalue weighted by Crippen LogP contribution is 2.30. The van der Waals surface area contributed by atoms with E-state index in [0.29, 0.717) is 14.8 Å². The van der Waals surface area contributed by atoms with Crippen LogP contribution < -0.4 is 5.32 Å². The summed E-state index contributed by atoms with van der Waals surface area (Å²) in [5.41, 5.74) is 1.26.